The van der Waals surface area contributed by atoms with Crippen LogP contribution >= 0.6 is 11.8 Å². The Morgan fingerprint density at radius 3 is 2.44 bits per heavy atom. The second-order valence-corrected chi connectivity index (χ2v) is 12.4. The lowest BCUT2D eigenvalue weighted by Crippen LogP contribution is -2.56. The molecule has 3 heterocycles. The van der Waals surface area contributed by atoms with Crippen molar-refractivity contribution in [2.45, 2.75) is 75.5 Å². The van der Waals surface area contributed by atoms with E-state index in [1.54, 1.807) is 23.7 Å². The molecule has 1 aromatic rings. The molecule has 3 amide bonds. The number of hydrogen-bond acceptors (Lipinski definition) is 5. The van der Waals surface area contributed by atoms with E-state index >= 15 is 0 Å². The van der Waals surface area contributed by atoms with Gasteiger partial charge in [-0.05, 0) is 50.7 Å². The lowest BCUT2D eigenvalue weighted by Gasteiger charge is -2.39. The maximum Gasteiger partial charge on any atom is 0.248 e. The molecule has 0 saturated carbocycles. The van der Waals surface area contributed by atoms with Gasteiger partial charge >= 0.3 is 0 Å². The third-order valence-electron chi connectivity index (χ3n) is 8.57. The van der Waals surface area contributed by atoms with Crippen molar-refractivity contribution in [3.63, 3.8) is 0 Å². The zero-order valence-corrected chi connectivity index (χ0v) is 21.8. The molecule has 7 atom stereocenters. The van der Waals surface area contributed by atoms with E-state index in [2.05, 4.69) is 17.6 Å². The summed E-state index contributed by atoms with van der Waals surface area (Å²) >= 11 is 1.65. The monoisotopic (exact) mass is 487 g/mol. The second kappa shape index (κ2) is 8.86. The highest BCUT2D eigenvalue weighted by Crippen LogP contribution is 2.71. The smallest absolute Gasteiger partial charge is 0.248 e. The highest BCUT2D eigenvalue weighted by molar-refractivity contribution is 8.02. The molecule has 3 N–H and O–H groups in total. The zero-order valence-electron chi connectivity index (χ0n) is 21.0. The number of nitrogens with one attached hydrogen (secondary N) is 2. The Balaban J connectivity index is 1.83. The predicted molar refractivity (Wildman–Crippen MR) is 135 cm³/mol. The van der Waals surface area contributed by atoms with E-state index in [9.17, 15) is 19.5 Å². The molecule has 3 aliphatic heterocycles. The first kappa shape index (κ1) is 25.0. The molecule has 2 unspecified atom stereocenters. The maximum absolute atomic E-state index is 14.1. The Kier molecular flexibility index (Phi) is 6.53. The Morgan fingerprint density at radius 1 is 1.24 bits per heavy atom. The van der Waals surface area contributed by atoms with Gasteiger partial charge in [0.1, 0.15) is 6.04 Å². The largest absolute Gasteiger partial charge is 0.394 e. The van der Waals surface area contributed by atoms with Crippen LogP contribution in [0, 0.1) is 31.6 Å². The fourth-order valence-electron chi connectivity index (χ4n) is 6.59. The Hall–Kier alpha value is -2.06. The molecule has 2 bridgehead atoms. The van der Waals surface area contributed by atoms with Gasteiger partial charge in [0.15, 0.2) is 0 Å². The number of likely N-dealkylation sites (tertiary alicyclic amines) is 1. The summed E-state index contributed by atoms with van der Waals surface area (Å²) in [6.07, 6.45) is 2.23. The summed E-state index contributed by atoms with van der Waals surface area (Å²) in [6.45, 7) is 9.77. The molecule has 3 saturated heterocycles. The van der Waals surface area contributed by atoms with Crippen molar-refractivity contribution in [1.82, 2.24) is 10.2 Å². The number of carbonyl (C=O) groups excluding carboxylic acids is 3. The van der Waals surface area contributed by atoms with Gasteiger partial charge in [0.2, 0.25) is 17.7 Å². The first-order valence-corrected chi connectivity index (χ1v) is 13.1. The van der Waals surface area contributed by atoms with E-state index in [1.807, 2.05) is 45.9 Å². The molecule has 7 nitrogen and oxygen atoms in total. The summed E-state index contributed by atoms with van der Waals surface area (Å²) in [7, 11) is 1.60. The van der Waals surface area contributed by atoms with Crippen molar-refractivity contribution in [2.75, 3.05) is 19.0 Å². The lowest BCUT2D eigenvalue weighted by molar-refractivity contribution is -0.143. The fraction of sp³-hybridized carbons (Fsp3) is 0.654. The van der Waals surface area contributed by atoms with E-state index in [1.165, 1.54) is 0 Å². The van der Waals surface area contributed by atoms with Gasteiger partial charge in [0, 0.05) is 17.5 Å². The number of nitrogens with zero attached hydrogens (tertiary/aromatic N) is 1. The van der Waals surface area contributed by atoms with Gasteiger partial charge < -0.3 is 20.6 Å². The molecule has 0 radical (unpaired) electrons. The average molecular weight is 488 g/mol. The minimum Gasteiger partial charge on any atom is -0.394 e. The molecular weight excluding hydrogens is 450 g/mol. The molecule has 1 spiro atoms. The van der Waals surface area contributed by atoms with E-state index in [4.69, 9.17) is 0 Å². The van der Waals surface area contributed by atoms with E-state index in [-0.39, 0.29) is 30.2 Å². The summed E-state index contributed by atoms with van der Waals surface area (Å²) in [4.78, 5) is 42.9. The van der Waals surface area contributed by atoms with Gasteiger partial charge in [-0.25, -0.2) is 0 Å². The van der Waals surface area contributed by atoms with Crippen LogP contribution < -0.4 is 10.6 Å². The number of para-hydroxylation sites is 1. The van der Waals surface area contributed by atoms with Crippen LogP contribution in [0.15, 0.2) is 18.2 Å². The summed E-state index contributed by atoms with van der Waals surface area (Å²) in [6, 6.07) is 4.62. The summed E-state index contributed by atoms with van der Waals surface area (Å²) in [5.74, 6) is -1.62. The number of hydrogen-bond donors (Lipinski definition) is 3. The highest BCUT2D eigenvalue weighted by Gasteiger charge is 2.77. The predicted octanol–water partition coefficient (Wildman–Crippen LogP) is 2.88. The molecule has 3 fully saturated rings. The maximum atomic E-state index is 14.1. The Labute approximate surface area is 206 Å². The number of aliphatic hydroxyl groups excluding tert-OH is 1. The number of amides is 3. The molecule has 34 heavy (non-hydrogen) atoms. The third-order valence-corrected chi connectivity index (χ3v) is 10.6. The average Bonchev–Trinajstić information content (AvgIpc) is 3.37. The number of aryl methyl sites for hydroxylation is 2. The highest BCUT2D eigenvalue weighted by atomic mass is 32.2. The van der Waals surface area contributed by atoms with Crippen molar-refractivity contribution < 1.29 is 19.5 Å². The van der Waals surface area contributed by atoms with Gasteiger partial charge in [-0.15, -0.1) is 11.8 Å². The van der Waals surface area contributed by atoms with Crippen molar-refractivity contribution in [2.24, 2.45) is 17.8 Å². The lowest BCUT2D eigenvalue weighted by atomic mass is 9.66. The number of rotatable bonds is 7. The summed E-state index contributed by atoms with van der Waals surface area (Å²) < 4.78 is -1.08. The van der Waals surface area contributed by atoms with Crippen LogP contribution in [0.25, 0.3) is 0 Å². The second-order valence-electron chi connectivity index (χ2n) is 10.5. The minimum atomic E-state index is -0.753. The first-order valence-electron chi connectivity index (χ1n) is 12.3. The number of thioether (sulfide) groups is 1. The molecular formula is C26H37N3O4S. The van der Waals surface area contributed by atoms with Crippen LogP contribution in [0.3, 0.4) is 0 Å². The van der Waals surface area contributed by atoms with Crippen LogP contribution in [0.1, 0.15) is 51.2 Å². The number of fused-ring (bicyclic) bond motifs is 1. The van der Waals surface area contributed by atoms with Gasteiger partial charge in [-0.3, -0.25) is 14.4 Å². The van der Waals surface area contributed by atoms with Gasteiger partial charge in [0.25, 0.3) is 0 Å². The number of anilines is 1. The van der Waals surface area contributed by atoms with Crippen LogP contribution in [-0.4, -0.2) is 63.0 Å². The van der Waals surface area contributed by atoms with Gasteiger partial charge in [0.05, 0.1) is 29.2 Å². The zero-order chi connectivity index (χ0) is 25.0. The fourth-order valence-corrected chi connectivity index (χ4v) is 8.94. The van der Waals surface area contributed by atoms with Gasteiger partial charge in [-0.1, -0.05) is 38.5 Å². The minimum absolute atomic E-state index is 0.0101. The van der Waals surface area contributed by atoms with Crippen molar-refractivity contribution in [3.05, 3.63) is 29.3 Å². The number of aliphatic hydroxyl groups is 1. The van der Waals surface area contributed by atoms with E-state index < -0.39 is 33.4 Å². The number of benzene rings is 1. The van der Waals surface area contributed by atoms with Crippen LogP contribution in [-0.2, 0) is 14.4 Å². The topological polar surface area (TPSA) is 98.7 Å². The number of carbonyl (C=O) groups is 3. The van der Waals surface area contributed by atoms with Crippen molar-refractivity contribution in [1.29, 1.82) is 0 Å². The third kappa shape index (κ3) is 3.48. The van der Waals surface area contributed by atoms with Crippen molar-refractivity contribution >= 4 is 35.2 Å². The molecule has 8 heteroatoms. The van der Waals surface area contributed by atoms with Crippen molar-refractivity contribution in [3.8, 4) is 0 Å². The molecule has 0 aromatic heterocycles. The standard InChI is InChI=1S/C26H37N3O4S/c1-7-14(2)17(13-30)29-21(23(32)28-20-15(3)9-8-10-16(20)4)26-12-11-25(5,34-26)18(22(31)27-6)19(26)24(29)33/h8-10,14,17-19,21,30H,7,11-13H2,1-6H3,(H,27,31)(H,28,32)/t14-,17-,18+,19-,21?,25-,26?/m0/s1. The molecule has 0 aliphatic carbocycles. The van der Waals surface area contributed by atoms with Gasteiger partial charge in [-0.2, -0.15) is 0 Å². The summed E-state index contributed by atoms with van der Waals surface area (Å²) in [5.41, 5.74) is 2.67. The van der Waals surface area contributed by atoms with Crippen LogP contribution in [0.5, 0.6) is 0 Å². The van der Waals surface area contributed by atoms with E-state index in [0.29, 0.717) is 6.42 Å². The normalized spacial score (nSPS) is 33.6. The molecule has 4 rings (SSSR count). The van der Waals surface area contributed by atoms with Crippen LogP contribution in [0.2, 0.25) is 0 Å². The van der Waals surface area contributed by atoms with E-state index in [0.717, 1.165) is 29.7 Å². The molecule has 186 valence electrons. The SMILES string of the molecule is CC[C@H](C)[C@H](CO)N1C(=O)[C@@H]2[C@H](C(=O)NC)[C@]3(C)CCC2(S3)C1C(=O)Nc1c(C)cccc1C. The molecule has 1 aromatic carbocycles. The first-order chi connectivity index (χ1) is 16.1. The Bertz CT molecular complexity index is 996. The Morgan fingerprint density at radius 2 is 1.88 bits per heavy atom. The quantitative estimate of drug-likeness (QED) is 0.549. The molecule has 3 aliphatic rings. The summed E-state index contributed by atoms with van der Waals surface area (Å²) in [5, 5.41) is 16.3. The van der Waals surface area contributed by atoms with Crippen LogP contribution in [0.4, 0.5) is 5.69 Å².